The third-order valence-corrected chi connectivity index (χ3v) is 13.1. The van der Waals surface area contributed by atoms with E-state index >= 15 is 0 Å². The minimum Gasteiger partial charge on any atom is -0.312 e. The highest BCUT2D eigenvalue weighted by molar-refractivity contribution is 6.75. The molecule has 2 nitrogen and oxygen atoms in total. The largest absolute Gasteiger partial charge is 0.312 e. The van der Waals surface area contributed by atoms with Crippen LogP contribution in [0.5, 0.6) is 0 Å². The molecule has 0 N–H and O–H groups in total. The summed E-state index contributed by atoms with van der Waals surface area (Å²) in [5.74, 6) is 0. The van der Waals surface area contributed by atoms with Crippen LogP contribution in [0.4, 0.5) is 0 Å². The molecule has 0 atom stereocenters. The van der Waals surface area contributed by atoms with E-state index in [9.17, 15) is 0 Å². The quantitative estimate of drug-likeness (QED) is 0.157. The number of nitrogens with zero attached hydrogens (tertiary/aromatic N) is 2. The molecule has 0 aliphatic rings. The third-order valence-electron chi connectivity index (χ3n) is 13.1. The maximum atomic E-state index is 7.36. The molecule has 0 bridgehead atoms. The molecule has 0 fully saturated rings. The smallest absolute Gasteiger partial charge is 0.117 e. The second-order valence-corrected chi connectivity index (χ2v) is 16.5. The monoisotopic (exact) mass is 800 g/mol. The van der Waals surface area contributed by atoms with Gasteiger partial charge in [0, 0.05) is 38.8 Å². The average Bonchev–Trinajstić information content (AvgIpc) is 3.86. The van der Waals surface area contributed by atoms with Crippen LogP contribution in [-0.4, -0.2) is 197 Å². The van der Waals surface area contributed by atoms with Gasteiger partial charge in [-0.1, -0.05) is 88.6 Å². The Morgan fingerprint density at radius 1 is 0.235 bits per heavy atom. The molecule has 9 aromatic rings. The van der Waals surface area contributed by atoms with Gasteiger partial charge in [-0.3, -0.25) is 0 Å². The fourth-order valence-electron chi connectivity index (χ4n) is 9.44. The Bertz CT molecular complexity index is 3740. The number of fused-ring (bicyclic) bond motifs is 6. The lowest BCUT2D eigenvalue weighted by atomic mass is 9.56. The molecule has 2 heterocycles. The first kappa shape index (κ1) is 48.7. The van der Waals surface area contributed by atoms with Crippen molar-refractivity contribution in [3.05, 3.63) is 24.3 Å². The summed E-state index contributed by atoms with van der Waals surface area (Å²) < 4.78 is 3.14. The van der Waals surface area contributed by atoms with Gasteiger partial charge < -0.3 is 9.13 Å². The Labute approximate surface area is 427 Å². The van der Waals surface area contributed by atoms with Gasteiger partial charge in [0.15, 0.2) is 0 Å². The summed E-state index contributed by atoms with van der Waals surface area (Å²) in [5, 5.41) is 0.855. The third kappa shape index (κ3) is 6.32. The lowest BCUT2D eigenvalue weighted by Gasteiger charge is -2.28. The van der Waals surface area contributed by atoms with Crippen LogP contribution in [0.2, 0.25) is 0 Å². The van der Waals surface area contributed by atoms with Gasteiger partial charge in [-0.05, 0) is 50.5 Å². The molecule has 0 aliphatic heterocycles. The molecule has 9 rings (SSSR count). The molecule has 0 aliphatic carbocycles. The first-order valence-corrected chi connectivity index (χ1v) is 20.1. The molecule has 2 aromatic heterocycles. The highest BCUT2D eigenvalue weighted by Gasteiger charge is 2.29. The van der Waals surface area contributed by atoms with Crippen molar-refractivity contribution in [1.82, 2.24) is 9.13 Å². The van der Waals surface area contributed by atoms with Crippen LogP contribution in [0.1, 0.15) is 0 Å². The van der Waals surface area contributed by atoms with Gasteiger partial charge in [0.25, 0.3) is 0 Å². The first-order valence-electron chi connectivity index (χ1n) is 20.1. The molecule has 68 heavy (non-hydrogen) atoms. The Hall–Kier alpha value is -4.30. The second-order valence-electron chi connectivity index (χ2n) is 16.5. The fraction of sp³-hybridized carbons (Fsp3) is 0. The minimum atomic E-state index is -0.115. The van der Waals surface area contributed by atoms with Crippen LogP contribution in [0.15, 0.2) is 24.3 Å². The minimum absolute atomic E-state index is 0.00131. The van der Waals surface area contributed by atoms with Crippen molar-refractivity contribution in [2.75, 3.05) is 0 Å². The van der Waals surface area contributed by atoms with E-state index in [1.807, 2.05) is 0 Å². The molecule has 0 saturated heterocycles. The van der Waals surface area contributed by atoms with Crippen LogP contribution in [0.25, 0.3) is 77.2 Å². The number of hydrogen-bond donors (Lipinski definition) is 0. The normalized spacial score (nSPS) is 11.8. The van der Waals surface area contributed by atoms with E-state index in [2.05, 4.69) is 0 Å². The first-order chi connectivity index (χ1) is 31.8. The number of aromatic nitrogens is 2. The predicted octanol–water partition coefficient (Wildman–Crippen LogP) is -17.7. The summed E-state index contributed by atoms with van der Waals surface area (Å²) in [6.45, 7) is 0. The molecule has 0 spiro atoms. The van der Waals surface area contributed by atoms with Gasteiger partial charge >= 0.3 is 0 Å². The molecular weight excluding hydrogens is 792 g/mol. The fourth-order valence-corrected chi connectivity index (χ4v) is 9.44. The molecular formula is C42H4B24N2. The van der Waals surface area contributed by atoms with Crippen molar-refractivity contribution in [1.29, 1.82) is 0 Å². The Kier molecular flexibility index (Phi) is 11.9. The van der Waals surface area contributed by atoms with Crippen molar-refractivity contribution in [2.24, 2.45) is 0 Å². The van der Waals surface area contributed by atoms with Crippen LogP contribution in [0, 0.1) is 0 Å². The molecule has 254 valence electrons. The summed E-state index contributed by atoms with van der Waals surface area (Å²) in [6, 6.07) is 6.81. The Morgan fingerprint density at radius 3 is 0.956 bits per heavy atom. The molecule has 0 amide bonds. The zero-order chi connectivity index (χ0) is 49.9. The second kappa shape index (κ2) is 16.7. The summed E-state index contributed by atoms with van der Waals surface area (Å²) in [6.07, 6.45) is 0. The van der Waals surface area contributed by atoms with Gasteiger partial charge in [0.2, 0.25) is 0 Å². The highest BCUT2D eigenvalue weighted by Crippen LogP contribution is 2.32. The van der Waals surface area contributed by atoms with E-state index in [1.165, 1.54) is 4.57 Å². The van der Waals surface area contributed by atoms with E-state index in [0.717, 1.165) is 0 Å². The topological polar surface area (TPSA) is 9.86 Å². The molecule has 0 unspecified atom stereocenters. The van der Waals surface area contributed by atoms with Gasteiger partial charge in [-0.2, -0.15) is 0 Å². The van der Waals surface area contributed by atoms with E-state index in [0.29, 0.717) is 11.3 Å². The summed E-state index contributed by atoms with van der Waals surface area (Å²) in [5.41, 5.74) is 0.924. The van der Waals surface area contributed by atoms with Crippen LogP contribution < -0.4 is 131 Å². The van der Waals surface area contributed by atoms with E-state index in [4.69, 9.17) is 188 Å². The molecule has 7 aromatic carbocycles. The molecule has 0 saturated carbocycles. The van der Waals surface area contributed by atoms with Gasteiger partial charge in [0.1, 0.15) is 188 Å². The summed E-state index contributed by atoms with van der Waals surface area (Å²) >= 11 is 0. The van der Waals surface area contributed by atoms with Gasteiger partial charge in [-0.25, -0.2) is 0 Å². The number of rotatable bonds is 4. The van der Waals surface area contributed by atoms with Crippen molar-refractivity contribution in [3.63, 3.8) is 0 Å². The predicted molar refractivity (Wildman–Crippen MR) is 315 cm³/mol. The highest BCUT2D eigenvalue weighted by atomic mass is 15.0. The number of hydrogen-bond acceptors (Lipinski definition) is 0. The van der Waals surface area contributed by atoms with Crippen molar-refractivity contribution in [3.8, 4) is 33.6 Å². The number of benzene rings is 7. The lowest BCUT2D eigenvalue weighted by Crippen LogP contribution is -2.57. The van der Waals surface area contributed by atoms with Crippen LogP contribution in [0.3, 0.4) is 0 Å². The SMILES string of the molecule is [B]c1c([B])c([B])c(-c2c([B])c([B])c([B])c(-c3cccc(-n4c5c([B])c([B])c([B])c([B])c5c5c([B])c(-n6c7c([B])c([B])c([B])c([B])c7c7c([B])c([B])c([B])c([B])c76)c([B])c([B])c54)c3)c2[B])c([B])c1[B]. The summed E-state index contributed by atoms with van der Waals surface area (Å²) in [4.78, 5) is 0. The Morgan fingerprint density at radius 2 is 0.529 bits per heavy atom. The summed E-state index contributed by atoms with van der Waals surface area (Å²) in [7, 11) is 160. The zero-order valence-electron chi connectivity index (χ0n) is 36.1. The van der Waals surface area contributed by atoms with Crippen LogP contribution in [-0.2, 0) is 0 Å². The molecule has 48 radical (unpaired) electrons. The van der Waals surface area contributed by atoms with E-state index < -0.39 is 0 Å². The van der Waals surface area contributed by atoms with Crippen molar-refractivity contribution >= 4 is 363 Å². The standard InChI is InChI=1S/C42H4B24N2/c43-14-7(15(44)23(52)16(45)8(14)9-17(46)24(53)29(58)25(54)18(9)47)5-2-1-3-6(4-5)67-38-12(21(50)28(57)30(59)33(38)62)13-22(51)42(37(66)36(65)39(13)67)68-40-10(19(48)26(55)31(60)34(40)63)11-20(49)27(56)32(61)35(64)41(11)68/h1-4H. The van der Waals surface area contributed by atoms with E-state index in [1.54, 1.807) is 28.8 Å². The van der Waals surface area contributed by atoms with Crippen LogP contribution >= 0.6 is 0 Å². The zero-order valence-corrected chi connectivity index (χ0v) is 36.1. The average molecular weight is 796 g/mol. The molecule has 26 heteroatoms. The maximum absolute atomic E-state index is 7.36. The van der Waals surface area contributed by atoms with E-state index in [-0.39, 0.29) is 197 Å². The van der Waals surface area contributed by atoms with Gasteiger partial charge in [0.05, 0.1) is 0 Å². The van der Waals surface area contributed by atoms with Crippen molar-refractivity contribution in [2.45, 2.75) is 0 Å². The lowest BCUT2D eigenvalue weighted by molar-refractivity contribution is 1.19. The van der Waals surface area contributed by atoms with Crippen molar-refractivity contribution < 1.29 is 0 Å². The van der Waals surface area contributed by atoms with Gasteiger partial charge in [-0.15, -0.1) is 54.6 Å². The maximum Gasteiger partial charge on any atom is 0.117 e. The Balaban J connectivity index is 1.44.